The topological polar surface area (TPSA) is 44.1 Å². The van der Waals surface area contributed by atoms with E-state index in [2.05, 4.69) is 15.9 Å². The largest absolute Gasteiger partial charge is 0.337 e. The van der Waals surface area contributed by atoms with Crippen LogP contribution in [0.4, 0.5) is 0 Å². The minimum Gasteiger partial charge on any atom is -0.337 e. The summed E-state index contributed by atoms with van der Waals surface area (Å²) in [7, 11) is 0. The Balaban J connectivity index is 2.18. The van der Waals surface area contributed by atoms with E-state index in [0.717, 1.165) is 19.5 Å². The molecule has 1 aliphatic rings. The predicted molar refractivity (Wildman–Crippen MR) is 64.4 cm³/mol. The number of likely N-dealkylation sites (tertiary alicyclic amines) is 1. The van der Waals surface area contributed by atoms with Gasteiger partial charge in [0, 0.05) is 23.5 Å². The Labute approximate surface area is 103 Å². The molecule has 1 heterocycles. The maximum absolute atomic E-state index is 12.1. The molecule has 1 aromatic rings. The summed E-state index contributed by atoms with van der Waals surface area (Å²) >= 11 is 3.50. The summed E-state index contributed by atoms with van der Waals surface area (Å²) in [6, 6.07) is 8.88. The third-order valence-corrected chi connectivity index (χ3v) is 3.40. The van der Waals surface area contributed by atoms with Gasteiger partial charge in [0.1, 0.15) is 0 Å². The maximum Gasteiger partial charge on any atom is 0.253 e. The second-order valence-corrected chi connectivity index (χ2v) is 5.12. The number of carbonyl (C=O) groups excluding carboxylic acids is 1. The SMILES string of the molecule is N#Cc1cccc(C(=O)N2CCC(Br)C2)c1. The van der Waals surface area contributed by atoms with Crippen molar-refractivity contribution in [3.05, 3.63) is 35.4 Å². The van der Waals surface area contributed by atoms with Gasteiger partial charge >= 0.3 is 0 Å². The first-order chi connectivity index (χ1) is 7.70. The molecule has 1 unspecified atom stereocenters. The molecule has 1 saturated heterocycles. The molecule has 0 saturated carbocycles. The fourth-order valence-electron chi connectivity index (χ4n) is 1.81. The zero-order valence-electron chi connectivity index (χ0n) is 8.69. The number of halogens is 1. The van der Waals surface area contributed by atoms with E-state index in [1.165, 1.54) is 0 Å². The number of rotatable bonds is 1. The summed E-state index contributed by atoms with van der Waals surface area (Å²) in [6.45, 7) is 1.53. The van der Waals surface area contributed by atoms with Gasteiger partial charge in [-0.25, -0.2) is 0 Å². The average molecular weight is 279 g/mol. The highest BCUT2D eigenvalue weighted by molar-refractivity contribution is 9.09. The summed E-state index contributed by atoms with van der Waals surface area (Å²) < 4.78 is 0. The molecule has 3 nitrogen and oxygen atoms in total. The van der Waals surface area contributed by atoms with Gasteiger partial charge in [-0.15, -0.1) is 0 Å². The molecule has 1 amide bonds. The van der Waals surface area contributed by atoms with E-state index in [1.54, 1.807) is 24.3 Å². The highest BCUT2D eigenvalue weighted by Crippen LogP contribution is 2.19. The number of amides is 1. The number of hydrogen-bond donors (Lipinski definition) is 0. The summed E-state index contributed by atoms with van der Waals surface area (Å²) in [6.07, 6.45) is 0.990. The normalized spacial score (nSPS) is 19.5. The minimum atomic E-state index is 0.0130. The zero-order chi connectivity index (χ0) is 11.5. The van der Waals surface area contributed by atoms with Gasteiger partial charge in [0.05, 0.1) is 11.6 Å². The monoisotopic (exact) mass is 278 g/mol. The van der Waals surface area contributed by atoms with E-state index < -0.39 is 0 Å². The smallest absolute Gasteiger partial charge is 0.253 e. The van der Waals surface area contributed by atoms with Crippen molar-refractivity contribution in [3.8, 4) is 6.07 Å². The van der Waals surface area contributed by atoms with Crippen molar-refractivity contribution in [2.24, 2.45) is 0 Å². The molecule has 4 heteroatoms. The van der Waals surface area contributed by atoms with Gasteiger partial charge in [0.25, 0.3) is 5.91 Å². The lowest BCUT2D eigenvalue weighted by Crippen LogP contribution is -2.28. The fraction of sp³-hybridized carbons (Fsp3) is 0.333. The quantitative estimate of drug-likeness (QED) is 0.739. The number of alkyl halides is 1. The van der Waals surface area contributed by atoms with Crippen LogP contribution in [0.5, 0.6) is 0 Å². The van der Waals surface area contributed by atoms with E-state index in [-0.39, 0.29) is 5.91 Å². The maximum atomic E-state index is 12.1. The standard InChI is InChI=1S/C12H11BrN2O/c13-11-4-5-15(8-11)12(16)10-3-1-2-9(6-10)7-14/h1-3,6,11H,4-5,8H2. The lowest BCUT2D eigenvalue weighted by Gasteiger charge is -2.15. The number of nitriles is 1. The lowest BCUT2D eigenvalue weighted by molar-refractivity contribution is 0.0793. The first kappa shape index (κ1) is 11.2. The van der Waals surface area contributed by atoms with Crippen LogP contribution in [0.25, 0.3) is 0 Å². The van der Waals surface area contributed by atoms with E-state index in [9.17, 15) is 4.79 Å². The number of nitrogens with zero attached hydrogens (tertiary/aromatic N) is 2. The Kier molecular flexibility index (Phi) is 3.25. The Morgan fingerprint density at radius 3 is 3.00 bits per heavy atom. The molecule has 1 atom stereocenters. The first-order valence-corrected chi connectivity index (χ1v) is 6.06. The summed E-state index contributed by atoms with van der Waals surface area (Å²) in [5, 5.41) is 8.77. The summed E-state index contributed by atoms with van der Waals surface area (Å²) in [5.74, 6) is 0.0130. The molecule has 1 fully saturated rings. The van der Waals surface area contributed by atoms with E-state index >= 15 is 0 Å². The Hall–Kier alpha value is -1.34. The van der Waals surface area contributed by atoms with E-state index in [0.29, 0.717) is 16.0 Å². The molecule has 0 N–H and O–H groups in total. The number of hydrogen-bond acceptors (Lipinski definition) is 2. The van der Waals surface area contributed by atoms with Crippen LogP contribution in [0, 0.1) is 11.3 Å². The Bertz CT molecular complexity index is 453. The molecule has 0 bridgehead atoms. The molecule has 0 aliphatic carbocycles. The molecular formula is C12H11BrN2O. The second-order valence-electron chi connectivity index (χ2n) is 3.83. The second kappa shape index (κ2) is 4.67. The van der Waals surface area contributed by atoms with Crippen molar-refractivity contribution in [1.29, 1.82) is 5.26 Å². The molecule has 82 valence electrons. The Morgan fingerprint density at radius 2 is 2.38 bits per heavy atom. The summed E-state index contributed by atoms with van der Waals surface area (Å²) in [4.78, 5) is 14.3. The van der Waals surface area contributed by atoms with Crippen LogP contribution >= 0.6 is 15.9 Å². The van der Waals surface area contributed by atoms with Gasteiger partial charge in [-0.1, -0.05) is 22.0 Å². The van der Waals surface area contributed by atoms with Crippen molar-refractivity contribution < 1.29 is 4.79 Å². The molecule has 0 spiro atoms. The third kappa shape index (κ3) is 2.25. The molecule has 0 radical (unpaired) electrons. The molecule has 16 heavy (non-hydrogen) atoms. The van der Waals surface area contributed by atoms with Gasteiger partial charge in [-0.05, 0) is 24.6 Å². The zero-order valence-corrected chi connectivity index (χ0v) is 10.3. The van der Waals surface area contributed by atoms with Gasteiger partial charge in [0.15, 0.2) is 0 Å². The predicted octanol–water partition coefficient (Wildman–Crippen LogP) is 2.17. The molecule has 1 aliphatic heterocycles. The third-order valence-electron chi connectivity index (χ3n) is 2.66. The van der Waals surface area contributed by atoms with Gasteiger partial charge in [0.2, 0.25) is 0 Å². The van der Waals surface area contributed by atoms with Crippen molar-refractivity contribution in [2.75, 3.05) is 13.1 Å². The average Bonchev–Trinajstić information content (AvgIpc) is 2.75. The van der Waals surface area contributed by atoms with Crippen LogP contribution in [0.1, 0.15) is 22.3 Å². The minimum absolute atomic E-state index is 0.0130. The van der Waals surface area contributed by atoms with Crippen LogP contribution in [0.3, 0.4) is 0 Å². The highest BCUT2D eigenvalue weighted by atomic mass is 79.9. The van der Waals surface area contributed by atoms with Gasteiger partial charge < -0.3 is 4.90 Å². The van der Waals surface area contributed by atoms with Crippen LogP contribution in [0.15, 0.2) is 24.3 Å². The van der Waals surface area contributed by atoms with Crippen molar-refractivity contribution in [3.63, 3.8) is 0 Å². The van der Waals surface area contributed by atoms with E-state index in [1.807, 2.05) is 11.0 Å². The molecule has 1 aromatic carbocycles. The summed E-state index contributed by atoms with van der Waals surface area (Å²) in [5.41, 5.74) is 1.13. The molecule has 0 aromatic heterocycles. The van der Waals surface area contributed by atoms with Crippen LogP contribution in [-0.2, 0) is 0 Å². The lowest BCUT2D eigenvalue weighted by atomic mass is 10.1. The Morgan fingerprint density at radius 1 is 1.56 bits per heavy atom. The number of carbonyl (C=O) groups is 1. The molecular weight excluding hydrogens is 268 g/mol. The first-order valence-electron chi connectivity index (χ1n) is 5.14. The van der Waals surface area contributed by atoms with Crippen LogP contribution in [-0.4, -0.2) is 28.7 Å². The van der Waals surface area contributed by atoms with E-state index in [4.69, 9.17) is 5.26 Å². The van der Waals surface area contributed by atoms with Gasteiger partial charge in [-0.2, -0.15) is 5.26 Å². The highest BCUT2D eigenvalue weighted by Gasteiger charge is 2.25. The number of benzene rings is 1. The van der Waals surface area contributed by atoms with Crippen LogP contribution in [0.2, 0.25) is 0 Å². The van der Waals surface area contributed by atoms with Crippen LogP contribution < -0.4 is 0 Å². The molecule has 2 rings (SSSR count). The van der Waals surface area contributed by atoms with Crippen molar-refractivity contribution >= 4 is 21.8 Å². The fourth-order valence-corrected chi connectivity index (χ4v) is 2.36. The van der Waals surface area contributed by atoms with Crippen molar-refractivity contribution in [1.82, 2.24) is 4.90 Å². The van der Waals surface area contributed by atoms with Gasteiger partial charge in [-0.3, -0.25) is 4.79 Å². The van der Waals surface area contributed by atoms with Crippen molar-refractivity contribution in [2.45, 2.75) is 11.2 Å².